The van der Waals surface area contributed by atoms with Crippen molar-refractivity contribution >= 4 is 17.0 Å². The van der Waals surface area contributed by atoms with Crippen LogP contribution in [0.15, 0.2) is 85.3 Å². The van der Waals surface area contributed by atoms with E-state index in [1.165, 1.54) is 0 Å². The fourth-order valence-corrected chi connectivity index (χ4v) is 3.76. The van der Waals surface area contributed by atoms with Crippen molar-refractivity contribution in [2.24, 2.45) is 0 Å². The van der Waals surface area contributed by atoms with Crippen LogP contribution in [0.1, 0.15) is 37.9 Å². The maximum Gasteiger partial charge on any atom is 0.408 e. The fraction of sp³-hybridized carbons (Fsp3) is 0.231. The van der Waals surface area contributed by atoms with E-state index in [0.717, 1.165) is 27.7 Å². The summed E-state index contributed by atoms with van der Waals surface area (Å²) in [7, 11) is 0. The molecule has 31 heavy (non-hydrogen) atoms. The van der Waals surface area contributed by atoms with Gasteiger partial charge < -0.3 is 14.6 Å². The van der Waals surface area contributed by atoms with E-state index in [1.807, 2.05) is 57.2 Å². The van der Waals surface area contributed by atoms with Crippen LogP contribution in [0.25, 0.3) is 16.6 Å². The van der Waals surface area contributed by atoms with E-state index in [0.29, 0.717) is 6.42 Å². The molecule has 1 N–H and O–H groups in total. The van der Waals surface area contributed by atoms with Crippen LogP contribution in [0.3, 0.4) is 0 Å². The highest BCUT2D eigenvalue weighted by molar-refractivity contribution is 5.86. The summed E-state index contributed by atoms with van der Waals surface area (Å²) in [6, 6.07) is 22.2. The number of pyridine rings is 1. The molecule has 2 aromatic heterocycles. The number of benzene rings is 2. The second kappa shape index (κ2) is 8.64. The van der Waals surface area contributed by atoms with E-state index in [-0.39, 0.29) is 6.04 Å². The second-order valence-corrected chi connectivity index (χ2v) is 8.56. The molecule has 1 unspecified atom stereocenters. The van der Waals surface area contributed by atoms with Crippen LogP contribution in [0.2, 0.25) is 0 Å². The predicted molar refractivity (Wildman–Crippen MR) is 123 cm³/mol. The Morgan fingerprint density at radius 3 is 2.45 bits per heavy atom. The average Bonchev–Trinajstić information content (AvgIpc) is 3.18. The van der Waals surface area contributed by atoms with Crippen LogP contribution in [-0.4, -0.2) is 21.2 Å². The molecule has 0 radical (unpaired) electrons. The first kappa shape index (κ1) is 20.7. The first-order valence-electron chi connectivity index (χ1n) is 10.4. The number of rotatable bonds is 5. The van der Waals surface area contributed by atoms with E-state index in [4.69, 9.17) is 4.74 Å². The smallest absolute Gasteiger partial charge is 0.408 e. The number of carbonyl (C=O) groups is 1. The Hall–Kier alpha value is -3.60. The van der Waals surface area contributed by atoms with E-state index in [9.17, 15) is 4.79 Å². The van der Waals surface area contributed by atoms with E-state index >= 15 is 0 Å². The molecule has 1 atom stereocenters. The Balaban J connectivity index is 1.78. The van der Waals surface area contributed by atoms with Gasteiger partial charge in [-0.15, -0.1) is 0 Å². The summed E-state index contributed by atoms with van der Waals surface area (Å²) in [6.07, 6.45) is 5.85. The van der Waals surface area contributed by atoms with Gasteiger partial charge in [-0.2, -0.15) is 0 Å². The average molecular weight is 414 g/mol. The van der Waals surface area contributed by atoms with E-state index in [1.54, 1.807) is 12.4 Å². The SMILES string of the molecule is CC(C)(C)OC(=O)NC(Cc1ccccc1)c1cccc2ccn(-c3ccncc3)c12. The molecule has 0 aliphatic rings. The maximum absolute atomic E-state index is 12.7. The number of amides is 1. The Morgan fingerprint density at radius 1 is 1.00 bits per heavy atom. The number of alkyl carbamates (subject to hydrolysis) is 1. The number of hydrogen-bond donors (Lipinski definition) is 1. The highest BCUT2D eigenvalue weighted by Crippen LogP contribution is 2.30. The summed E-state index contributed by atoms with van der Waals surface area (Å²) in [4.78, 5) is 16.8. The van der Waals surface area contributed by atoms with Gasteiger partial charge in [0, 0.05) is 29.7 Å². The molecule has 2 heterocycles. The fourth-order valence-electron chi connectivity index (χ4n) is 3.76. The minimum Gasteiger partial charge on any atom is -0.444 e. The summed E-state index contributed by atoms with van der Waals surface area (Å²) in [5.74, 6) is 0. The molecule has 0 bridgehead atoms. The van der Waals surface area contributed by atoms with Crippen molar-refractivity contribution in [3.8, 4) is 5.69 Å². The number of aromatic nitrogens is 2. The van der Waals surface area contributed by atoms with Gasteiger partial charge in [-0.1, -0.05) is 48.5 Å². The molecule has 5 nitrogen and oxygen atoms in total. The number of hydrogen-bond acceptors (Lipinski definition) is 3. The molecule has 0 fully saturated rings. The molecule has 0 spiro atoms. The van der Waals surface area contributed by atoms with Crippen LogP contribution >= 0.6 is 0 Å². The highest BCUT2D eigenvalue weighted by Gasteiger charge is 2.23. The summed E-state index contributed by atoms with van der Waals surface area (Å²) in [6.45, 7) is 5.61. The van der Waals surface area contributed by atoms with Crippen LogP contribution in [0.5, 0.6) is 0 Å². The van der Waals surface area contributed by atoms with Gasteiger partial charge in [-0.25, -0.2) is 4.79 Å². The zero-order chi connectivity index (χ0) is 21.8. The van der Waals surface area contributed by atoms with Gasteiger partial charge in [-0.05, 0) is 56.5 Å². The van der Waals surface area contributed by atoms with Crippen LogP contribution in [0, 0.1) is 0 Å². The topological polar surface area (TPSA) is 56.1 Å². The second-order valence-electron chi connectivity index (χ2n) is 8.56. The van der Waals surface area contributed by atoms with Gasteiger partial charge in [0.1, 0.15) is 5.60 Å². The van der Waals surface area contributed by atoms with Gasteiger partial charge in [0.2, 0.25) is 0 Å². The first-order valence-corrected chi connectivity index (χ1v) is 10.4. The van der Waals surface area contributed by atoms with Gasteiger partial charge in [0.15, 0.2) is 0 Å². The van der Waals surface area contributed by atoms with E-state index in [2.05, 4.69) is 51.4 Å². The monoisotopic (exact) mass is 413 g/mol. The van der Waals surface area contributed by atoms with Gasteiger partial charge in [-0.3, -0.25) is 4.98 Å². The van der Waals surface area contributed by atoms with Gasteiger partial charge >= 0.3 is 6.09 Å². The van der Waals surface area contributed by atoms with Crippen molar-refractivity contribution in [2.75, 3.05) is 0 Å². The molecule has 2 aromatic carbocycles. The summed E-state index contributed by atoms with van der Waals surface area (Å²) < 4.78 is 7.71. The Labute approximate surface area is 182 Å². The zero-order valence-corrected chi connectivity index (χ0v) is 18.1. The normalized spacial score (nSPS) is 12.5. The molecule has 0 saturated carbocycles. The standard InChI is InChI=1S/C26H27N3O2/c1-26(2,3)31-25(30)28-23(18-19-8-5-4-6-9-19)22-11-7-10-20-14-17-29(24(20)22)21-12-15-27-16-13-21/h4-17,23H,18H2,1-3H3,(H,28,30). The number of fused-ring (bicyclic) bond motifs is 1. The van der Waals surface area contributed by atoms with Crippen molar-refractivity contribution in [3.05, 3.63) is 96.4 Å². The number of ether oxygens (including phenoxy) is 1. The van der Waals surface area contributed by atoms with Crippen molar-refractivity contribution in [3.63, 3.8) is 0 Å². The summed E-state index contributed by atoms with van der Waals surface area (Å²) in [5, 5.41) is 4.22. The molecule has 4 rings (SSSR count). The van der Waals surface area contributed by atoms with Crippen molar-refractivity contribution in [1.29, 1.82) is 0 Å². The van der Waals surface area contributed by atoms with Gasteiger partial charge in [0.25, 0.3) is 0 Å². The number of nitrogens with one attached hydrogen (secondary N) is 1. The third kappa shape index (κ3) is 4.94. The van der Waals surface area contributed by atoms with Crippen LogP contribution in [-0.2, 0) is 11.2 Å². The van der Waals surface area contributed by atoms with Crippen molar-refractivity contribution < 1.29 is 9.53 Å². The van der Waals surface area contributed by atoms with Crippen LogP contribution < -0.4 is 5.32 Å². The lowest BCUT2D eigenvalue weighted by Gasteiger charge is -2.25. The van der Waals surface area contributed by atoms with Crippen LogP contribution in [0.4, 0.5) is 4.79 Å². The molecular formula is C26H27N3O2. The Morgan fingerprint density at radius 2 is 1.74 bits per heavy atom. The predicted octanol–water partition coefficient (Wildman–Crippen LogP) is 5.83. The molecule has 0 aliphatic carbocycles. The lowest BCUT2D eigenvalue weighted by molar-refractivity contribution is 0.0503. The molecule has 5 heteroatoms. The molecule has 0 saturated heterocycles. The third-order valence-electron chi connectivity index (χ3n) is 5.03. The zero-order valence-electron chi connectivity index (χ0n) is 18.1. The number of para-hydroxylation sites is 1. The first-order chi connectivity index (χ1) is 14.9. The Bertz CT molecular complexity index is 1160. The maximum atomic E-state index is 12.7. The number of carbonyl (C=O) groups excluding carboxylic acids is 1. The number of nitrogens with zero attached hydrogens (tertiary/aromatic N) is 2. The lowest BCUT2D eigenvalue weighted by Crippen LogP contribution is -2.36. The van der Waals surface area contributed by atoms with Crippen molar-refractivity contribution in [1.82, 2.24) is 14.9 Å². The minimum absolute atomic E-state index is 0.253. The summed E-state index contributed by atoms with van der Waals surface area (Å²) in [5.41, 5.74) is 3.69. The molecule has 1 amide bonds. The largest absolute Gasteiger partial charge is 0.444 e. The molecule has 158 valence electrons. The summed E-state index contributed by atoms with van der Waals surface area (Å²) >= 11 is 0. The van der Waals surface area contributed by atoms with Gasteiger partial charge in [0.05, 0.1) is 11.6 Å². The molecule has 4 aromatic rings. The third-order valence-corrected chi connectivity index (χ3v) is 5.03. The lowest BCUT2D eigenvalue weighted by atomic mass is 9.97. The highest BCUT2D eigenvalue weighted by atomic mass is 16.6. The minimum atomic E-state index is -0.565. The molecular weight excluding hydrogens is 386 g/mol. The van der Waals surface area contributed by atoms with Crippen molar-refractivity contribution in [2.45, 2.75) is 38.8 Å². The molecule has 0 aliphatic heterocycles. The quantitative estimate of drug-likeness (QED) is 0.448. The van der Waals surface area contributed by atoms with E-state index < -0.39 is 11.7 Å². The Kier molecular flexibility index (Phi) is 5.76.